The number of imide groups is 1. The second-order valence-corrected chi connectivity index (χ2v) is 12.1. The van der Waals surface area contributed by atoms with Gasteiger partial charge in [0.05, 0.1) is 6.04 Å². The number of likely N-dealkylation sites (tertiary alicyclic amines) is 1. The van der Waals surface area contributed by atoms with Gasteiger partial charge in [-0.05, 0) is 48.9 Å². The minimum Gasteiger partial charge on any atom is -0.480 e. The monoisotopic (exact) mass is 604 g/mol. The van der Waals surface area contributed by atoms with Crippen LogP contribution in [-0.4, -0.2) is 79.5 Å². The fourth-order valence-electron chi connectivity index (χ4n) is 5.87. The molecule has 4 N–H and O–H groups in total. The Balaban J connectivity index is 1.77. The van der Waals surface area contributed by atoms with Crippen LogP contribution in [0.15, 0.2) is 54.9 Å². The smallest absolute Gasteiger partial charge is 0.327 e. The van der Waals surface area contributed by atoms with Gasteiger partial charge in [-0.15, -0.1) is 0 Å². The van der Waals surface area contributed by atoms with Crippen LogP contribution < -0.4 is 11.1 Å². The van der Waals surface area contributed by atoms with Crippen molar-refractivity contribution in [2.24, 2.45) is 18.7 Å². The van der Waals surface area contributed by atoms with Crippen LogP contribution in [0, 0.1) is 5.92 Å². The number of aromatic nitrogens is 2. The van der Waals surface area contributed by atoms with E-state index in [0.717, 1.165) is 47.0 Å². The third kappa shape index (κ3) is 8.02. The summed E-state index contributed by atoms with van der Waals surface area (Å²) in [6.07, 6.45) is 7.09. The average molecular weight is 605 g/mol. The van der Waals surface area contributed by atoms with Crippen molar-refractivity contribution in [1.29, 1.82) is 0 Å². The number of nitrogens with one attached hydrogen (secondary N) is 1. The first-order valence-electron chi connectivity index (χ1n) is 15.4. The maximum atomic E-state index is 14.6. The van der Waals surface area contributed by atoms with E-state index in [1.165, 1.54) is 6.20 Å². The number of carbonyl (C=O) groups excluding carboxylic acids is 3. The minimum atomic E-state index is -1.54. The lowest BCUT2D eigenvalue weighted by atomic mass is 10.00. The summed E-state index contributed by atoms with van der Waals surface area (Å²) >= 11 is 0. The number of hydrogen-bond acceptors (Lipinski definition) is 6. The van der Waals surface area contributed by atoms with Gasteiger partial charge in [0.15, 0.2) is 0 Å². The van der Waals surface area contributed by atoms with Gasteiger partial charge in [-0.25, -0.2) is 14.5 Å². The third-order valence-electron chi connectivity index (χ3n) is 8.13. The summed E-state index contributed by atoms with van der Waals surface area (Å²) in [5, 5.41) is 14.1. The van der Waals surface area contributed by atoms with Gasteiger partial charge in [-0.2, -0.15) is 0 Å². The van der Waals surface area contributed by atoms with E-state index in [1.54, 1.807) is 23.1 Å². The summed E-state index contributed by atoms with van der Waals surface area (Å²) < 4.78 is 1.93. The van der Waals surface area contributed by atoms with E-state index in [9.17, 15) is 24.3 Å². The quantitative estimate of drug-likeness (QED) is 0.303. The van der Waals surface area contributed by atoms with E-state index in [1.807, 2.05) is 55.9 Å². The Bertz CT molecular complexity index is 1450. The number of rotatable bonds is 11. The summed E-state index contributed by atoms with van der Waals surface area (Å²) in [6.45, 7) is 4.72. The molecule has 1 aromatic carbocycles. The van der Waals surface area contributed by atoms with Crippen LogP contribution in [0.2, 0.25) is 0 Å². The van der Waals surface area contributed by atoms with E-state index < -0.39 is 41.9 Å². The Labute approximate surface area is 258 Å². The van der Waals surface area contributed by atoms with Crippen molar-refractivity contribution in [1.82, 2.24) is 24.7 Å². The van der Waals surface area contributed by atoms with Crippen LogP contribution in [0.4, 0.5) is 4.79 Å². The number of fused-ring (bicyclic) bond motifs is 1. The molecule has 0 aliphatic carbocycles. The Morgan fingerprint density at radius 2 is 1.68 bits per heavy atom. The Morgan fingerprint density at radius 3 is 2.32 bits per heavy atom. The van der Waals surface area contributed by atoms with Gasteiger partial charge in [-0.3, -0.25) is 14.6 Å². The second kappa shape index (κ2) is 15.0. The van der Waals surface area contributed by atoms with Crippen LogP contribution in [0.25, 0.3) is 10.9 Å². The van der Waals surface area contributed by atoms with Crippen molar-refractivity contribution < 1.29 is 24.3 Å². The van der Waals surface area contributed by atoms with Crippen molar-refractivity contribution >= 4 is 34.7 Å². The first-order valence-corrected chi connectivity index (χ1v) is 15.4. The number of benzene rings is 1. The first-order chi connectivity index (χ1) is 21.1. The molecule has 4 rings (SSSR count). The van der Waals surface area contributed by atoms with Gasteiger partial charge < -0.3 is 25.6 Å². The number of hydrogen-bond donors (Lipinski definition) is 3. The molecule has 4 amide bonds. The van der Waals surface area contributed by atoms with Crippen molar-refractivity contribution in [3.63, 3.8) is 0 Å². The number of aryl methyl sites for hydroxylation is 1. The largest absolute Gasteiger partial charge is 0.480 e. The highest BCUT2D eigenvalue weighted by atomic mass is 16.4. The van der Waals surface area contributed by atoms with E-state index in [-0.39, 0.29) is 18.8 Å². The van der Waals surface area contributed by atoms with Crippen LogP contribution >= 0.6 is 0 Å². The number of aliphatic carboxylic acids is 1. The number of carbonyl (C=O) groups is 4. The molecule has 1 aliphatic heterocycles. The van der Waals surface area contributed by atoms with Gasteiger partial charge in [0.1, 0.15) is 12.1 Å². The molecule has 1 aliphatic rings. The number of urea groups is 1. The van der Waals surface area contributed by atoms with Crippen LogP contribution in [-0.2, 0) is 34.3 Å². The standard InChI is InChI=1S/C33H44N6O5/c1-22(2)18-26(34)30(40)36-27(19-23-21-37(3)28-14-7-6-13-25(23)28)31(41)39(33(44)38-16-10-4-5-11-17-38)29(32(42)43)20-24-12-8-9-15-35-24/h6-9,12-15,21-22,26-27,29H,4-5,10-11,16-20,34H2,1-3H3,(H,36,40)(H,42,43)/t26-,27+,29+/m0/s1. The van der Waals surface area contributed by atoms with Crippen LogP contribution in [0.5, 0.6) is 0 Å². The fourth-order valence-corrected chi connectivity index (χ4v) is 5.87. The van der Waals surface area contributed by atoms with Crippen LogP contribution in [0.3, 0.4) is 0 Å². The number of nitrogens with zero attached hydrogens (tertiary/aromatic N) is 4. The summed E-state index contributed by atoms with van der Waals surface area (Å²) in [6, 6.07) is 8.45. The van der Waals surface area contributed by atoms with E-state index in [2.05, 4.69) is 10.3 Å². The zero-order valence-electron chi connectivity index (χ0n) is 25.8. The molecule has 0 spiro atoms. The lowest BCUT2D eigenvalue weighted by Crippen LogP contribution is -2.61. The molecule has 0 unspecified atom stereocenters. The predicted octanol–water partition coefficient (Wildman–Crippen LogP) is 3.49. The molecule has 2 aromatic heterocycles. The topological polar surface area (TPSA) is 151 Å². The highest BCUT2D eigenvalue weighted by Crippen LogP contribution is 2.24. The lowest BCUT2D eigenvalue weighted by molar-refractivity contribution is -0.149. The molecule has 0 bridgehead atoms. The molecule has 3 heterocycles. The Morgan fingerprint density at radius 1 is 1.00 bits per heavy atom. The molecule has 11 heteroatoms. The van der Waals surface area contributed by atoms with E-state index >= 15 is 0 Å². The molecule has 1 fully saturated rings. The van der Waals surface area contributed by atoms with Crippen molar-refractivity contribution in [2.75, 3.05) is 13.1 Å². The third-order valence-corrected chi connectivity index (χ3v) is 8.13. The maximum absolute atomic E-state index is 14.6. The number of para-hydroxylation sites is 1. The van der Waals surface area contributed by atoms with Gasteiger partial charge in [0.2, 0.25) is 5.91 Å². The molecule has 0 radical (unpaired) electrons. The van der Waals surface area contributed by atoms with Crippen molar-refractivity contribution in [3.05, 3.63) is 66.1 Å². The van der Waals surface area contributed by atoms with E-state index in [0.29, 0.717) is 25.2 Å². The molecule has 44 heavy (non-hydrogen) atoms. The molecule has 236 valence electrons. The van der Waals surface area contributed by atoms with Crippen LogP contribution in [0.1, 0.15) is 57.2 Å². The lowest BCUT2D eigenvalue weighted by Gasteiger charge is -2.35. The van der Waals surface area contributed by atoms with Gasteiger partial charge in [0.25, 0.3) is 5.91 Å². The summed E-state index contributed by atoms with van der Waals surface area (Å²) in [5.41, 5.74) is 8.36. The molecule has 1 saturated heterocycles. The summed E-state index contributed by atoms with van der Waals surface area (Å²) in [5.74, 6) is -2.52. The van der Waals surface area contributed by atoms with Crippen molar-refractivity contribution in [2.45, 2.75) is 76.9 Å². The van der Waals surface area contributed by atoms with Crippen molar-refractivity contribution in [3.8, 4) is 0 Å². The molecule has 3 aromatic rings. The molecule has 0 saturated carbocycles. The summed E-state index contributed by atoms with van der Waals surface area (Å²) in [7, 11) is 1.89. The fraction of sp³-hybridized carbons (Fsp3) is 0.485. The molecular formula is C33H44N6O5. The number of carboxylic acid groups (broad SMARTS) is 1. The second-order valence-electron chi connectivity index (χ2n) is 12.1. The zero-order chi connectivity index (χ0) is 31.8. The number of nitrogens with two attached hydrogens (primary N) is 1. The number of pyridine rings is 1. The Kier molecular flexibility index (Phi) is 11.1. The maximum Gasteiger partial charge on any atom is 0.327 e. The highest BCUT2D eigenvalue weighted by Gasteiger charge is 2.41. The Hall–Kier alpha value is -4.25. The highest BCUT2D eigenvalue weighted by molar-refractivity contribution is 6.02. The van der Waals surface area contributed by atoms with Gasteiger partial charge >= 0.3 is 12.0 Å². The molecule has 11 nitrogen and oxygen atoms in total. The zero-order valence-corrected chi connectivity index (χ0v) is 25.8. The molecule has 3 atom stereocenters. The first kappa shape index (κ1) is 32.7. The van der Waals surface area contributed by atoms with Gasteiger partial charge in [-0.1, -0.05) is 51.0 Å². The SMILES string of the molecule is CC(C)C[C@H](N)C(=O)N[C@H](Cc1cn(C)c2ccccc12)C(=O)N(C(=O)N1CCCCCC1)[C@H](Cc1ccccn1)C(=O)O. The molecular weight excluding hydrogens is 560 g/mol. The minimum absolute atomic E-state index is 0.0417. The van der Waals surface area contributed by atoms with E-state index in [4.69, 9.17) is 5.73 Å². The number of amides is 4. The van der Waals surface area contributed by atoms with Gasteiger partial charge in [0, 0.05) is 62.0 Å². The number of carboxylic acids is 1. The normalized spacial score (nSPS) is 15.8. The predicted molar refractivity (Wildman–Crippen MR) is 168 cm³/mol. The summed E-state index contributed by atoms with van der Waals surface area (Å²) in [4.78, 5) is 61.6. The average Bonchev–Trinajstić information content (AvgIpc) is 3.15.